The van der Waals surface area contributed by atoms with Crippen LogP contribution in [-0.4, -0.2) is 0 Å². The SMILES string of the molecule is CCCCCCCC(CCCCCCCCCC#N)c1ccc(C)cc1.CCCCCCCCC(CCCCCCCCC#N)c1ccc(C)cc1.CCCCCCCCCC(CCCCCCCC#N)c1ccc(C)cc1.CCCCCCCCCCC(CCCCCCC#N)c1ccc(C)cc1. The molecule has 4 nitrogen and oxygen atoms in total. The summed E-state index contributed by atoms with van der Waals surface area (Å²) in [4.78, 5) is 0. The molecular weight excluding hydrogens is 1260 g/mol. The van der Waals surface area contributed by atoms with Gasteiger partial charge in [-0.1, -0.05) is 430 Å². The van der Waals surface area contributed by atoms with Crippen molar-refractivity contribution in [2.24, 2.45) is 0 Å². The molecule has 0 spiro atoms. The fourth-order valence-electron chi connectivity index (χ4n) is 15.2. The van der Waals surface area contributed by atoms with E-state index in [0.717, 1.165) is 75.0 Å². The first-order valence-corrected chi connectivity index (χ1v) is 44.8. The first kappa shape index (κ1) is 96.9. The first-order valence-electron chi connectivity index (χ1n) is 44.8. The van der Waals surface area contributed by atoms with Crippen molar-refractivity contribution in [3.8, 4) is 24.3 Å². The Labute approximate surface area is 647 Å². The lowest BCUT2D eigenvalue weighted by molar-refractivity contribution is 0.486. The molecule has 0 fully saturated rings. The summed E-state index contributed by atoms with van der Waals surface area (Å²) in [6.07, 6.45) is 77.8. The van der Waals surface area contributed by atoms with Crippen LogP contribution >= 0.6 is 0 Å². The lowest BCUT2D eigenvalue weighted by Crippen LogP contribution is -2.00. The van der Waals surface area contributed by atoms with Crippen molar-refractivity contribution >= 4 is 0 Å². The first-order chi connectivity index (χ1) is 51.1. The van der Waals surface area contributed by atoms with Crippen molar-refractivity contribution < 1.29 is 0 Å². The number of nitriles is 4. The van der Waals surface area contributed by atoms with E-state index in [4.69, 9.17) is 21.0 Å². The van der Waals surface area contributed by atoms with E-state index in [9.17, 15) is 0 Å². The summed E-state index contributed by atoms with van der Waals surface area (Å²) in [6.45, 7) is 17.9. The molecule has 4 rings (SSSR count). The van der Waals surface area contributed by atoms with Crippen LogP contribution < -0.4 is 0 Å². The third-order valence-corrected chi connectivity index (χ3v) is 22.2. The molecule has 0 saturated heterocycles. The maximum absolute atomic E-state index is 8.63. The van der Waals surface area contributed by atoms with Gasteiger partial charge in [-0.3, -0.25) is 0 Å². The van der Waals surface area contributed by atoms with Crippen LogP contribution in [0.1, 0.15) is 481 Å². The van der Waals surface area contributed by atoms with Crippen LogP contribution in [0, 0.1) is 73.0 Å². The Morgan fingerprint density at radius 1 is 0.183 bits per heavy atom. The largest absolute Gasteiger partial charge is 0.198 e. The van der Waals surface area contributed by atoms with Gasteiger partial charge in [0.25, 0.3) is 0 Å². The number of rotatable bonds is 64. The fourth-order valence-corrected chi connectivity index (χ4v) is 15.2. The Kier molecular flexibility index (Phi) is 69.6. The third kappa shape index (κ3) is 58.9. The predicted octanol–water partition coefficient (Wildman–Crippen LogP) is 33.9. The zero-order chi connectivity index (χ0) is 75.5. The van der Waals surface area contributed by atoms with Crippen LogP contribution in [0.15, 0.2) is 97.1 Å². The van der Waals surface area contributed by atoms with Crippen molar-refractivity contribution in [3.05, 3.63) is 142 Å². The molecule has 4 atom stereocenters. The topological polar surface area (TPSA) is 95.2 Å². The summed E-state index contributed by atoms with van der Waals surface area (Å²) in [5.74, 6) is 2.98. The molecular formula is C100H164N4. The minimum Gasteiger partial charge on any atom is -0.198 e. The summed E-state index contributed by atoms with van der Waals surface area (Å²) in [7, 11) is 0. The van der Waals surface area contributed by atoms with Crippen LogP contribution in [0.3, 0.4) is 0 Å². The minimum absolute atomic E-state index is 0.722. The van der Waals surface area contributed by atoms with Gasteiger partial charge in [0.1, 0.15) is 0 Å². The summed E-state index contributed by atoms with van der Waals surface area (Å²) < 4.78 is 0. The van der Waals surface area contributed by atoms with Crippen molar-refractivity contribution in [2.75, 3.05) is 0 Å². The molecule has 584 valence electrons. The maximum Gasteiger partial charge on any atom is 0.0621 e. The molecule has 0 aliphatic rings. The Morgan fingerprint density at radius 2 is 0.308 bits per heavy atom. The van der Waals surface area contributed by atoms with Gasteiger partial charge in [0.2, 0.25) is 0 Å². The van der Waals surface area contributed by atoms with E-state index in [1.165, 1.54) is 362 Å². The second-order valence-electron chi connectivity index (χ2n) is 31.9. The molecule has 0 aromatic heterocycles. The highest BCUT2D eigenvalue weighted by Crippen LogP contribution is 2.34. The number of aryl methyl sites for hydroxylation is 4. The normalized spacial score (nSPS) is 12.0. The molecule has 4 aromatic rings. The number of benzene rings is 4. The maximum atomic E-state index is 8.63. The minimum atomic E-state index is 0.722. The van der Waals surface area contributed by atoms with E-state index in [0.29, 0.717) is 0 Å². The van der Waals surface area contributed by atoms with Gasteiger partial charge in [0.15, 0.2) is 0 Å². The van der Waals surface area contributed by atoms with E-state index in [-0.39, 0.29) is 0 Å². The molecule has 4 aromatic carbocycles. The molecule has 0 amide bonds. The van der Waals surface area contributed by atoms with Crippen LogP contribution in [0.2, 0.25) is 0 Å². The molecule has 0 heterocycles. The summed E-state index contributed by atoms with van der Waals surface area (Å²) in [6, 6.07) is 46.0. The zero-order valence-electron chi connectivity index (χ0n) is 69.8. The van der Waals surface area contributed by atoms with E-state index >= 15 is 0 Å². The van der Waals surface area contributed by atoms with E-state index in [1.54, 1.807) is 16.7 Å². The standard InChI is InChI=1S/4C25H41N/c1-3-4-5-10-13-16-24(25-20-18-23(2)19-21-25)17-14-11-8-6-7-9-12-15-22-26;1-3-4-5-6-10-13-16-24(25-20-18-23(2)19-21-25)17-14-11-8-7-9-12-15-22-26;1-3-4-5-6-7-10-13-16-24(25-20-18-23(2)19-21-25)17-14-11-8-9-12-15-22-26;1-3-4-5-6-7-8-10-13-16-24(17-14-11-9-12-15-22-26)25-20-18-23(2)19-21-25/h4*18-21,24H,3-17H2,1-2H3. The number of hydrogen-bond acceptors (Lipinski definition) is 4. The van der Waals surface area contributed by atoms with Crippen molar-refractivity contribution in [3.63, 3.8) is 0 Å². The van der Waals surface area contributed by atoms with Gasteiger partial charge in [-0.2, -0.15) is 21.0 Å². The summed E-state index contributed by atoms with van der Waals surface area (Å²) >= 11 is 0. The van der Waals surface area contributed by atoms with Gasteiger partial charge >= 0.3 is 0 Å². The Hall–Kier alpha value is -5.16. The van der Waals surface area contributed by atoms with E-state index in [2.05, 4.69) is 177 Å². The van der Waals surface area contributed by atoms with Crippen LogP contribution in [-0.2, 0) is 0 Å². The van der Waals surface area contributed by atoms with Crippen LogP contribution in [0.4, 0.5) is 0 Å². The predicted molar refractivity (Wildman–Crippen MR) is 458 cm³/mol. The molecule has 0 N–H and O–H groups in total. The van der Waals surface area contributed by atoms with Gasteiger partial charge in [0, 0.05) is 25.7 Å². The molecule has 0 aliphatic heterocycles. The van der Waals surface area contributed by atoms with Gasteiger partial charge in [-0.15, -0.1) is 0 Å². The summed E-state index contributed by atoms with van der Waals surface area (Å²) in [5, 5.41) is 34.4. The number of unbranched alkanes of at least 4 members (excludes halogenated alkanes) is 44. The average Bonchev–Trinajstić information content (AvgIpc) is 0.923. The van der Waals surface area contributed by atoms with Gasteiger partial charge in [-0.25, -0.2) is 0 Å². The molecule has 0 radical (unpaired) electrons. The molecule has 0 saturated carbocycles. The molecule has 0 aliphatic carbocycles. The lowest BCUT2D eigenvalue weighted by Gasteiger charge is -2.18. The third-order valence-electron chi connectivity index (χ3n) is 22.2. The van der Waals surface area contributed by atoms with E-state index < -0.39 is 0 Å². The highest BCUT2D eigenvalue weighted by Gasteiger charge is 2.16. The highest BCUT2D eigenvalue weighted by atomic mass is 14.3. The highest BCUT2D eigenvalue weighted by molar-refractivity contribution is 5.27. The fraction of sp³-hybridized carbons (Fsp3) is 0.720. The molecule has 4 heteroatoms. The Balaban J connectivity index is 0.000000693. The molecule has 104 heavy (non-hydrogen) atoms. The van der Waals surface area contributed by atoms with Gasteiger partial charge in [-0.05, 0) is 151 Å². The molecule has 4 unspecified atom stereocenters. The smallest absolute Gasteiger partial charge is 0.0621 e. The van der Waals surface area contributed by atoms with Crippen LogP contribution in [0.25, 0.3) is 0 Å². The quantitative estimate of drug-likeness (QED) is 0.0412. The van der Waals surface area contributed by atoms with Crippen molar-refractivity contribution in [1.29, 1.82) is 21.0 Å². The van der Waals surface area contributed by atoms with Gasteiger partial charge < -0.3 is 0 Å². The second kappa shape index (κ2) is 74.7. The Bertz CT molecular complexity index is 2600. The van der Waals surface area contributed by atoms with Crippen molar-refractivity contribution in [1.82, 2.24) is 0 Å². The monoisotopic (exact) mass is 1420 g/mol. The van der Waals surface area contributed by atoms with Crippen molar-refractivity contribution in [2.45, 2.75) is 464 Å². The summed E-state index contributed by atoms with van der Waals surface area (Å²) in [5.41, 5.74) is 11.6. The lowest BCUT2D eigenvalue weighted by atomic mass is 9.87. The Morgan fingerprint density at radius 3 is 0.442 bits per heavy atom. The number of nitrogens with zero attached hydrogens (tertiary/aromatic N) is 4. The second-order valence-corrected chi connectivity index (χ2v) is 31.9. The number of hydrogen-bond donors (Lipinski definition) is 0. The zero-order valence-corrected chi connectivity index (χ0v) is 69.8. The molecule has 0 bridgehead atoms. The van der Waals surface area contributed by atoms with Gasteiger partial charge in [0.05, 0.1) is 24.3 Å². The van der Waals surface area contributed by atoms with E-state index in [1.807, 2.05) is 0 Å². The van der Waals surface area contributed by atoms with Crippen LogP contribution in [0.5, 0.6) is 0 Å². The average molecular weight is 1420 g/mol.